The maximum Gasteiger partial charge on any atom is 0.232 e. The van der Waals surface area contributed by atoms with Crippen molar-refractivity contribution in [3.05, 3.63) is 54.2 Å². The summed E-state index contributed by atoms with van der Waals surface area (Å²) in [7, 11) is 0. The molecule has 0 radical (unpaired) electrons. The summed E-state index contributed by atoms with van der Waals surface area (Å²) in [4.78, 5) is 26.2. The average molecular weight is 520 g/mol. The molecule has 0 saturated carbocycles. The van der Waals surface area contributed by atoms with Crippen LogP contribution in [0.3, 0.4) is 0 Å². The molecule has 0 spiro atoms. The lowest BCUT2D eigenvalue weighted by atomic mass is 9.97. The van der Waals surface area contributed by atoms with E-state index in [1.165, 1.54) is 0 Å². The van der Waals surface area contributed by atoms with Gasteiger partial charge in [-0.15, -0.1) is 24.0 Å². The molecule has 1 saturated heterocycles. The number of anilines is 2. The summed E-state index contributed by atoms with van der Waals surface area (Å²) in [6.45, 7) is 7.16. The molecule has 1 aromatic heterocycles. The Bertz CT molecular complexity index is 867. The van der Waals surface area contributed by atoms with Gasteiger partial charge in [0, 0.05) is 51.2 Å². The van der Waals surface area contributed by atoms with Crippen molar-refractivity contribution in [1.29, 1.82) is 0 Å². The Hall–Kier alpha value is -2.36. The van der Waals surface area contributed by atoms with Crippen LogP contribution >= 0.6 is 24.0 Å². The number of nitrogens with zero attached hydrogens (tertiary/aromatic N) is 4. The Kier molecular flexibility index (Phi) is 7.89. The molecule has 1 atom stereocenters. The van der Waals surface area contributed by atoms with Crippen molar-refractivity contribution in [2.45, 2.75) is 19.3 Å². The van der Waals surface area contributed by atoms with Gasteiger partial charge < -0.3 is 20.4 Å². The number of amides is 1. The van der Waals surface area contributed by atoms with Crippen LogP contribution < -0.4 is 15.5 Å². The molecule has 4 rings (SSSR count). The second-order valence-corrected chi connectivity index (χ2v) is 7.32. The zero-order valence-electron chi connectivity index (χ0n) is 17.3. The van der Waals surface area contributed by atoms with Crippen LogP contribution in [0, 0.1) is 0 Å². The third-order valence-corrected chi connectivity index (χ3v) is 5.48. The summed E-state index contributed by atoms with van der Waals surface area (Å²) in [6.07, 6.45) is 2.55. The largest absolute Gasteiger partial charge is 0.357 e. The van der Waals surface area contributed by atoms with Crippen LogP contribution in [0.15, 0.2) is 53.7 Å². The van der Waals surface area contributed by atoms with Gasteiger partial charge in [0.2, 0.25) is 5.91 Å². The fraction of sp³-hybridized carbons (Fsp3) is 0.409. The Balaban J connectivity index is 0.00000256. The van der Waals surface area contributed by atoms with Gasteiger partial charge in [-0.2, -0.15) is 0 Å². The van der Waals surface area contributed by atoms with Crippen molar-refractivity contribution in [1.82, 2.24) is 15.2 Å². The van der Waals surface area contributed by atoms with Gasteiger partial charge in [-0.1, -0.05) is 24.3 Å². The summed E-state index contributed by atoms with van der Waals surface area (Å²) in [5.41, 5.74) is 2.02. The third-order valence-electron chi connectivity index (χ3n) is 5.48. The number of carbonyl (C=O) groups excluding carboxylic acids is 1. The van der Waals surface area contributed by atoms with Gasteiger partial charge in [-0.3, -0.25) is 9.79 Å². The monoisotopic (exact) mass is 520 g/mol. The number of para-hydroxylation sites is 1. The first-order valence-electron chi connectivity index (χ1n) is 10.4. The Morgan fingerprint density at radius 1 is 1.17 bits per heavy atom. The molecule has 2 N–H and O–H groups in total. The highest BCUT2D eigenvalue weighted by Gasteiger charge is 2.29. The van der Waals surface area contributed by atoms with Crippen molar-refractivity contribution in [3.8, 4) is 0 Å². The number of pyridine rings is 1. The fourth-order valence-electron chi connectivity index (χ4n) is 3.98. The summed E-state index contributed by atoms with van der Waals surface area (Å²) in [5, 5.41) is 6.37. The minimum atomic E-state index is -0.112. The van der Waals surface area contributed by atoms with E-state index in [-0.39, 0.29) is 35.8 Å². The lowest BCUT2D eigenvalue weighted by molar-refractivity contribution is -0.117. The second kappa shape index (κ2) is 10.6. The zero-order chi connectivity index (χ0) is 20.1. The topological polar surface area (TPSA) is 72.9 Å². The molecular weight excluding hydrogens is 491 g/mol. The standard InChI is InChI=1S/C22H28N6O.HI/c1-2-23-22(28-15-13-27(14-16-28)20-9-5-6-11-24-20)25-12-10-18-17-7-3-4-8-19(17)26-21(18)29;/h3-9,11,18H,2,10,12-16H2,1H3,(H,23,25)(H,26,29);1H. The molecule has 0 aliphatic carbocycles. The molecule has 3 heterocycles. The number of carbonyl (C=O) groups is 1. The van der Waals surface area contributed by atoms with Gasteiger partial charge >= 0.3 is 0 Å². The van der Waals surface area contributed by atoms with E-state index in [1.54, 1.807) is 0 Å². The van der Waals surface area contributed by atoms with E-state index in [4.69, 9.17) is 4.99 Å². The molecule has 1 amide bonds. The maximum absolute atomic E-state index is 12.3. The predicted octanol–water partition coefficient (Wildman–Crippen LogP) is 2.91. The molecular formula is C22H29IN6O. The van der Waals surface area contributed by atoms with E-state index in [9.17, 15) is 4.79 Å². The van der Waals surface area contributed by atoms with Crippen LogP contribution in [0.4, 0.5) is 11.5 Å². The fourth-order valence-corrected chi connectivity index (χ4v) is 3.98. The molecule has 160 valence electrons. The van der Waals surface area contributed by atoms with Crippen LogP contribution in [0.2, 0.25) is 0 Å². The maximum atomic E-state index is 12.3. The minimum absolute atomic E-state index is 0. The molecule has 1 fully saturated rings. The van der Waals surface area contributed by atoms with E-state index < -0.39 is 0 Å². The lowest BCUT2D eigenvalue weighted by Gasteiger charge is -2.37. The van der Waals surface area contributed by atoms with E-state index in [0.717, 1.165) is 55.8 Å². The highest BCUT2D eigenvalue weighted by Crippen LogP contribution is 2.34. The number of rotatable bonds is 5. The summed E-state index contributed by atoms with van der Waals surface area (Å²) in [6, 6.07) is 14.0. The van der Waals surface area contributed by atoms with Crippen LogP contribution in [0.1, 0.15) is 24.8 Å². The second-order valence-electron chi connectivity index (χ2n) is 7.32. The van der Waals surface area contributed by atoms with E-state index in [2.05, 4.69) is 38.4 Å². The smallest absolute Gasteiger partial charge is 0.232 e. The number of aliphatic imine (C=N–C) groups is 1. The molecule has 7 nitrogen and oxygen atoms in total. The quantitative estimate of drug-likeness (QED) is 0.361. The number of hydrogen-bond donors (Lipinski definition) is 2. The van der Waals surface area contributed by atoms with E-state index in [0.29, 0.717) is 13.0 Å². The van der Waals surface area contributed by atoms with Crippen molar-refractivity contribution < 1.29 is 4.79 Å². The van der Waals surface area contributed by atoms with E-state index >= 15 is 0 Å². The molecule has 0 bridgehead atoms. The van der Waals surface area contributed by atoms with Gasteiger partial charge in [0.15, 0.2) is 5.96 Å². The van der Waals surface area contributed by atoms with Gasteiger partial charge in [0.05, 0.1) is 5.92 Å². The first-order valence-corrected chi connectivity index (χ1v) is 10.4. The molecule has 1 aromatic carbocycles. The number of fused-ring (bicyclic) bond motifs is 1. The number of guanidine groups is 1. The van der Waals surface area contributed by atoms with Gasteiger partial charge in [-0.25, -0.2) is 4.98 Å². The first kappa shape index (κ1) is 22.3. The zero-order valence-corrected chi connectivity index (χ0v) is 19.6. The van der Waals surface area contributed by atoms with Crippen LogP contribution in [0.25, 0.3) is 0 Å². The summed E-state index contributed by atoms with van der Waals surface area (Å²) < 4.78 is 0. The van der Waals surface area contributed by atoms with Gasteiger partial charge in [0.25, 0.3) is 0 Å². The summed E-state index contributed by atoms with van der Waals surface area (Å²) in [5.74, 6) is 1.93. The Morgan fingerprint density at radius 3 is 2.67 bits per heavy atom. The average Bonchev–Trinajstić information content (AvgIpc) is 3.09. The number of hydrogen-bond acceptors (Lipinski definition) is 4. The lowest BCUT2D eigenvalue weighted by Crippen LogP contribution is -2.52. The molecule has 1 unspecified atom stereocenters. The number of piperazine rings is 1. The minimum Gasteiger partial charge on any atom is -0.357 e. The van der Waals surface area contributed by atoms with Crippen molar-refractivity contribution in [2.24, 2.45) is 4.99 Å². The normalized spacial score (nSPS) is 18.5. The van der Waals surface area contributed by atoms with Crippen LogP contribution in [0.5, 0.6) is 0 Å². The van der Waals surface area contributed by atoms with Crippen molar-refractivity contribution in [2.75, 3.05) is 49.5 Å². The number of aromatic nitrogens is 1. The first-order chi connectivity index (χ1) is 14.3. The SMILES string of the molecule is CCNC(=NCCC1C(=O)Nc2ccccc21)N1CCN(c2ccccn2)CC1.I. The Labute approximate surface area is 195 Å². The summed E-state index contributed by atoms with van der Waals surface area (Å²) >= 11 is 0. The third kappa shape index (κ3) is 5.03. The van der Waals surface area contributed by atoms with Crippen molar-refractivity contribution in [3.63, 3.8) is 0 Å². The van der Waals surface area contributed by atoms with Crippen LogP contribution in [-0.4, -0.2) is 61.0 Å². The Morgan fingerprint density at radius 2 is 1.93 bits per heavy atom. The van der Waals surface area contributed by atoms with Crippen molar-refractivity contribution >= 4 is 47.3 Å². The molecule has 30 heavy (non-hydrogen) atoms. The van der Waals surface area contributed by atoms with Gasteiger partial charge in [-0.05, 0) is 37.1 Å². The number of benzene rings is 1. The highest BCUT2D eigenvalue weighted by atomic mass is 127. The molecule has 2 aliphatic rings. The molecule has 8 heteroatoms. The highest BCUT2D eigenvalue weighted by molar-refractivity contribution is 14.0. The van der Waals surface area contributed by atoms with E-state index in [1.807, 2.05) is 42.6 Å². The predicted molar refractivity (Wildman–Crippen MR) is 132 cm³/mol. The van der Waals surface area contributed by atoms with Gasteiger partial charge in [0.1, 0.15) is 5.82 Å². The number of halogens is 1. The molecule has 2 aliphatic heterocycles. The van der Waals surface area contributed by atoms with Crippen LogP contribution in [-0.2, 0) is 4.79 Å². The molecule has 2 aromatic rings. The number of nitrogens with one attached hydrogen (secondary N) is 2.